The van der Waals surface area contributed by atoms with Crippen LogP contribution in [0.2, 0.25) is 0 Å². The smallest absolute Gasteiger partial charge is 0.341 e. The first-order valence-corrected chi connectivity index (χ1v) is 12.5. The number of methoxy groups -OCH3 is 2. The van der Waals surface area contributed by atoms with Crippen molar-refractivity contribution >= 4 is 40.0 Å². The molecule has 0 saturated heterocycles. The minimum absolute atomic E-state index is 0.122. The number of esters is 1. The van der Waals surface area contributed by atoms with Crippen molar-refractivity contribution in [3.8, 4) is 11.5 Å². The van der Waals surface area contributed by atoms with Gasteiger partial charge in [0.05, 0.1) is 25.5 Å². The fraction of sp³-hybridized carbons (Fsp3) is 0.391. The van der Waals surface area contributed by atoms with Crippen LogP contribution in [0.4, 0.5) is 5.00 Å². The van der Waals surface area contributed by atoms with E-state index in [1.165, 1.54) is 30.2 Å². The average Bonchev–Trinajstić information content (AvgIpc) is 3.39. The van der Waals surface area contributed by atoms with E-state index in [0.717, 1.165) is 16.2 Å². The number of thioether (sulfide) groups is 1. The number of anilines is 1. The third-order valence-corrected chi connectivity index (χ3v) is 7.10. The van der Waals surface area contributed by atoms with Gasteiger partial charge in [0.1, 0.15) is 23.1 Å². The highest BCUT2D eigenvalue weighted by atomic mass is 32.2. The molecule has 2 aromatic heterocycles. The maximum Gasteiger partial charge on any atom is 0.341 e. The monoisotopic (exact) mass is 504 g/mol. The molecular formula is C23H28N4O5S2. The van der Waals surface area contributed by atoms with Gasteiger partial charge >= 0.3 is 5.97 Å². The van der Waals surface area contributed by atoms with E-state index in [9.17, 15) is 9.59 Å². The molecule has 3 aromatic rings. The number of nitrogens with one attached hydrogen (secondary N) is 1. The molecule has 2 heterocycles. The summed E-state index contributed by atoms with van der Waals surface area (Å²) in [6.45, 7) is 6.76. The number of aromatic nitrogens is 3. The normalized spacial score (nSPS) is 10.7. The van der Waals surface area contributed by atoms with Gasteiger partial charge < -0.3 is 24.1 Å². The second kappa shape index (κ2) is 11.9. The number of aryl methyl sites for hydroxylation is 1. The largest absolute Gasteiger partial charge is 0.497 e. The van der Waals surface area contributed by atoms with Crippen molar-refractivity contribution in [3.63, 3.8) is 0 Å². The average molecular weight is 505 g/mol. The molecule has 0 fully saturated rings. The third kappa shape index (κ3) is 5.89. The molecule has 0 spiro atoms. The van der Waals surface area contributed by atoms with Crippen molar-refractivity contribution < 1.29 is 23.8 Å². The molecule has 0 bridgehead atoms. The Bertz CT molecular complexity index is 1140. The zero-order chi connectivity index (χ0) is 24.7. The lowest BCUT2D eigenvalue weighted by molar-refractivity contribution is -0.113. The SMILES string of the molecule is CCc1c(C)sc(NC(=O)CSc2nnc(COc3ccc(OC)cc3)n2CC)c1C(=O)OC. The van der Waals surface area contributed by atoms with Gasteiger partial charge in [0.15, 0.2) is 11.0 Å². The number of benzene rings is 1. The van der Waals surface area contributed by atoms with Crippen LogP contribution in [0.15, 0.2) is 29.4 Å². The maximum atomic E-state index is 12.7. The Labute approximate surface area is 206 Å². The maximum absolute atomic E-state index is 12.7. The summed E-state index contributed by atoms with van der Waals surface area (Å²) < 4.78 is 17.8. The van der Waals surface area contributed by atoms with Gasteiger partial charge in [-0.15, -0.1) is 21.5 Å². The summed E-state index contributed by atoms with van der Waals surface area (Å²) in [6, 6.07) is 7.29. The van der Waals surface area contributed by atoms with Gasteiger partial charge in [-0.3, -0.25) is 4.79 Å². The van der Waals surface area contributed by atoms with E-state index in [1.807, 2.05) is 49.6 Å². The molecule has 1 aromatic carbocycles. The molecule has 0 aliphatic rings. The second-order valence-corrected chi connectivity index (χ2v) is 9.30. The summed E-state index contributed by atoms with van der Waals surface area (Å²) in [5.41, 5.74) is 1.33. The number of hydrogen-bond acceptors (Lipinski definition) is 9. The first kappa shape index (κ1) is 25.6. The Morgan fingerprint density at radius 2 is 1.82 bits per heavy atom. The Morgan fingerprint density at radius 3 is 2.44 bits per heavy atom. The molecule has 0 atom stereocenters. The Morgan fingerprint density at radius 1 is 1.12 bits per heavy atom. The van der Waals surface area contributed by atoms with E-state index < -0.39 is 5.97 Å². The van der Waals surface area contributed by atoms with Crippen molar-refractivity contribution in [2.24, 2.45) is 0 Å². The van der Waals surface area contributed by atoms with Gasteiger partial charge in [-0.2, -0.15) is 0 Å². The molecule has 1 N–H and O–H groups in total. The molecule has 0 aliphatic heterocycles. The highest BCUT2D eigenvalue weighted by Gasteiger charge is 2.23. The Hall–Kier alpha value is -3.05. The number of amides is 1. The van der Waals surface area contributed by atoms with Gasteiger partial charge in [-0.25, -0.2) is 4.79 Å². The summed E-state index contributed by atoms with van der Waals surface area (Å²) in [4.78, 5) is 25.9. The summed E-state index contributed by atoms with van der Waals surface area (Å²) in [6.07, 6.45) is 0.679. The third-order valence-electron chi connectivity index (χ3n) is 5.07. The quantitative estimate of drug-likeness (QED) is 0.304. The summed E-state index contributed by atoms with van der Waals surface area (Å²) >= 11 is 2.66. The summed E-state index contributed by atoms with van der Waals surface area (Å²) in [5, 5.41) is 12.4. The Balaban J connectivity index is 1.63. The van der Waals surface area contributed by atoms with Crippen LogP contribution in [0.25, 0.3) is 0 Å². The summed E-state index contributed by atoms with van der Waals surface area (Å²) in [5.74, 6) is 1.55. The van der Waals surface area contributed by atoms with E-state index in [0.29, 0.717) is 40.3 Å². The van der Waals surface area contributed by atoms with Crippen LogP contribution < -0.4 is 14.8 Å². The molecule has 182 valence electrons. The number of carbonyl (C=O) groups is 2. The topological polar surface area (TPSA) is 105 Å². The van der Waals surface area contributed by atoms with Crippen LogP contribution in [0.1, 0.15) is 40.5 Å². The number of rotatable bonds is 11. The number of nitrogens with zero attached hydrogens (tertiary/aromatic N) is 3. The summed E-state index contributed by atoms with van der Waals surface area (Å²) in [7, 11) is 2.95. The molecular weight excluding hydrogens is 476 g/mol. The lowest BCUT2D eigenvalue weighted by atomic mass is 10.1. The van der Waals surface area contributed by atoms with Gasteiger partial charge in [0.2, 0.25) is 5.91 Å². The zero-order valence-electron chi connectivity index (χ0n) is 19.8. The van der Waals surface area contributed by atoms with Crippen LogP contribution >= 0.6 is 23.1 Å². The van der Waals surface area contributed by atoms with Gasteiger partial charge in [-0.05, 0) is 50.1 Å². The standard InChI is InChI=1S/C23H28N4O5S2/c1-6-17-14(3)34-21(20(17)22(29)31-5)24-19(28)13-33-23-26-25-18(27(23)7-2)12-32-16-10-8-15(30-4)9-11-16/h8-11H,6-7,12-13H2,1-5H3,(H,24,28). The lowest BCUT2D eigenvalue weighted by Gasteiger charge is -2.09. The van der Waals surface area contributed by atoms with Crippen molar-refractivity contribution in [1.29, 1.82) is 0 Å². The molecule has 0 unspecified atom stereocenters. The molecule has 0 radical (unpaired) electrons. The van der Waals surface area contributed by atoms with E-state index in [2.05, 4.69) is 15.5 Å². The lowest BCUT2D eigenvalue weighted by Crippen LogP contribution is -2.17. The minimum Gasteiger partial charge on any atom is -0.497 e. The molecule has 11 heteroatoms. The van der Waals surface area contributed by atoms with E-state index >= 15 is 0 Å². The molecule has 9 nitrogen and oxygen atoms in total. The first-order valence-electron chi connectivity index (χ1n) is 10.7. The highest BCUT2D eigenvalue weighted by Crippen LogP contribution is 2.34. The zero-order valence-corrected chi connectivity index (χ0v) is 21.5. The van der Waals surface area contributed by atoms with Crippen LogP contribution in [0.5, 0.6) is 11.5 Å². The minimum atomic E-state index is -0.448. The van der Waals surface area contributed by atoms with Crippen LogP contribution in [0.3, 0.4) is 0 Å². The van der Waals surface area contributed by atoms with Crippen molar-refractivity contribution in [3.05, 3.63) is 46.1 Å². The van der Waals surface area contributed by atoms with Crippen molar-refractivity contribution in [2.45, 2.75) is 45.5 Å². The first-order chi connectivity index (χ1) is 16.4. The fourth-order valence-electron chi connectivity index (χ4n) is 3.37. The predicted octanol–water partition coefficient (Wildman–Crippen LogP) is 4.34. The van der Waals surface area contributed by atoms with Crippen LogP contribution in [-0.2, 0) is 29.1 Å². The van der Waals surface area contributed by atoms with Crippen molar-refractivity contribution in [1.82, 2.24) is 14.8 Å². The van der Waals surface area contributed by atoms with E-state index in [-0.39, 0.29) is 18.3 Å². The number of carbonyl (C=O) groups excluding carboxylic acids is 2. The fourth-order valence-corrected chi connectivity index (χ4v) is 5.34. The van der Waals surface area contributed by atoms with Gasteiger partial charge in [0.25, 0.3) is 0 Å². The van der Waals surface area contributed by atoms with Gasteiger partial charge in [-0.1, -0.05) is 18.7 Å². The molecule has 3 rings (SSSR count). The molecule has 34 heavy (non-hydrogen) atoms. The second-order valence-electron chi connectivity index (χ2n) is 7.13. The number of thiophene rings is 1. The Kier molecular flexibility index (Phi) is 8.94. The van der Waals surface area contributed by atoms with E-state index in [1.54, 1.807) is 7.11 Å². The van der Waals surface area contributed by atoms with E-state index in [4.69, 9.17) is 14.2 Å². The highest BCUT2D eigenvalue weighted by molar-refractivity contribution is 7.99. The van der Waals surface area contributed by atoms with Crippen LogP contribution in [0, 0.1) is 6.92 Å². The van der Waals surface area contributed by atoms with Crippen LogP contribution in [-0.4, -0.2) is 46.6 Å². The predicted molar refractivity (Wildman–Crippen MR) is 132 cm³/mol. The molecule has 0 aliphatic carbocycles. The van der Waals surface area contributed by atoms with Crippen molar-refractivity contribution in [2.75, 3.05) is 25.3 Å². The number of hydrogen-bond donors (Lipinski definition) is 1. The number of ether oxygens (including phenoxy) is 3. The van der Waals surface area contributed by atoms with Gasteiger partial charge in [0, 0.05) is 11.4 Å². The molecule has 1 amide bonds. The molecule has 0 saturated carbocycles.